The number of rotatable bonds is 5. The molecule has 148 valence electrons. The van der Waals surface area contributed by atoms with Crippen molar-refractivity contribution in [2.75, 3.05) is 16.8 Å². The van der Waals surface area contributed by atoms with Gasteiger partial charge in [-0.05, 0) is 50.1 Å². The van der Waals surface area contributed by atoms with E-state index >= 15 is 0 Å². The Kier molecular flexibility index (Phi) is 5.12. The van der Waals surface area contributed by atoms with Crippen LogP contribution in [0, 0.1) is 13.8 Å². The number of benzene rings is 1. The van der Waals surface area contributed by atoms with Gasteiger partial charge in [-0.15, -0.1) is 0 Å². The van der Waals surface area contributed by atoms with Crippen molar-refractivity contribution < 1.29 is 4.79 Å². The fourth-order valence-electron chi connectivity index (χ4n) is 3.33. The summed E-state index contributed by atoms with van der Waals surface area (Å²) in [6, 6.07) is 11.8. The van der Waals surface area contributed by atoms with Gasteiger partial charge in [0.2, 0.25) is 5.91 Å². The van der Waals surface area contributed by atoms with Crippen molar-refractivity contribution in [3.05, 3.63) is 69.8 Å². The van der Waals surface area contributed by atoms with Crippen LogP contribution in [0.5, 0.6) is 0 Å². The molecule has 0 bridgehead atoms. The maximum atomic E-state index is 11.9. The molecule has 29 heavy (non-hydrogen) atoms. The van der Waals surface area contributed by atoms with Crippen molar-refractivity contribution in [3.8, 4) is 11.4 Å². The zero-order chi connectivity index (χ0) is 20.4. The molecule has 0 atom stereocenters. The SMILES string of the molecule is Cc1nc(-c2ccc(NCc3ccc(N4CCCC4=O)cc3)nc2)[nH]c(=O)c1C. The first kappa shape index (κ1) is 18.9. The number of pyridine rings is 1. The molecule has 0 radical (unpaired) electrons. The lowest BCUT2D eigenvalue weighted by Crippen LogP contribution is -2.23. The lowest BCUT2D eigenvalue weighted by atomic mass is 10.2. The molecule has 0 saturated carbocycles. The van der Waals surface area contributed by atoms with Gasteiger partial charge in [0.25, 0.3) is 5.56 Å². The van der Waals surface area contributed by atoms with Gasteiger partial charge >= 0.3 is 0 Å². The summed E-state index contributed by atoms with van der Waals surface area (Å²) in [7, 11) is 0. The first-order valence-corrected chi connectivity index (χ1v) is 9.68. The number of amides is 1. The molecule has 1 fully saturated rings. The number of nitrogens with one attached hydrogen (secondary N) is 2. The van der Waals surface area contributed by atoms with Gasteiger partial charge in [0.05, 0.1) is 0 Å². The minimum absolute atomic E-state index is 0.131. The van der Waals surface area contributed by atoms with E-state index in [0.29, 0.717) is 30.0 Å². The van der Waals surface area contributed by atoms with E-state index in [9.17, 15) is 9.59 Å². The minimum atomic E-state index is -0.131. The van der Waals surface area contributed by atoms with E-state index in [2.05, 4.69) is 20.3 Å². The van der Waals surface area contributed by atoms with E-state index in [4.69, 9.17) is 0 Å². The van der Waals surface area contributed by atoms with Crippen molar-refractivity contribution in [2.45, 2.75) is 33.2 Å². The van der Waals surface area contributed by atoms with Crippen LogP contribution in [0.25, 0.3) is 11.4 Å². The molecule has 2 aromatic heterocycles. The number of H-pyrrole nitrogens is 1. The Bertz CT molecular complexity index is 1090. The first-order chi connectivity index (χ1) is 14.0. The number of aryl methyl sites for hydroxylation is 1. The molecule has 1 aliphatic rings. The van der Waals surface area contributed by atoms with Crippen molar-refractivity contribution in [3.63, 3.8) is 0 Å². The highest BCUT2D eigenvalue weighted by atomic mass is 16.2. The van der Waals surface area contributed by atoms with E-state index in [1.807, 2.05) is 48.2 Å². The van der Waals surface area contributed by atoms with Gasteiger partial charge in [0, 0.05) is 48.2 Å². The number of aromatic nitrogens is 3. The number of hydrogen-bond donors (Lipinski definition) is 2. The largest absolute Gasteiger partial charge is 0.366 e. The maximum absolute atomic E-state index is 11.9. The quantitative estimate of drug-likeness (QED) is 0.699. The molecular weight excluding hydrogens is 366 g/mol. The molecule has 0 aliphatic carbocycles. The summed E-state index contributed by atoms with van der Waals surface area (Å²) in [5.74, 6) is 1.45. The Morgan fingerprint density at radius 2 is 1.90 bits per heavy atom. The Labute approximate surface area is 168 Å². The van der Waals surface area contributed by atoms with Gasteiger partial charge in [-0.1, -0.05) is 12.1 Å². The van der Waals surface area contributed by atoms with Gasteiger partial charge in [-0.2, -0.15) is 0 Å². The van der Waals surface area contributed by atoms with Gasteiger partial charge in [0.1, 0.15) is 11.6 Å². The van der Waals surface area contributed by atoms with Crippen LogP contribution in [-0.4, -0.2) is 27.4 Å². The molecule has 3 aromatic rings. The van der Waals surface area contributed by atoms with Crippen LogP contribution in [0.15, 0.2) is 47.4 Å². The second-order valence-corrected chi connectivity index (χ2v) is 7.23. The molecule has 1 amide bonds. The zero-order valence-corrected chi connectivity index (χ0v) is 16.5. The lowest BCUT2D eigenvalue weighted by molar-refractivity contribution is -0.117. The maximum Gasteiger partial charge on any atom is 0.254 e. The Morgan fingerprint density at radius 3 is 2.52 bits per heavy atom. The number of nitrogens with zero attached hydrogens (tertiary/aromatic N) is 3. The van der Waals surface area contributed by atoms with Crippen molar-refractivity contribution in [1.82, 2.24) is 15.0 Å². The van der Waals surface area contributed by atoms with Gasteiger partial charge in [-0.3, -0.25) is 9.59 Å². The number of carbonyl (C=O) groups excluding carboxylic acids is 1. The lowest BCUT2D eigenvalue weighted by Gasteiger charge is -2.16. The number of anilines is 2. The second-order valence-electron chi connectivity index (χ2n) is 7.23. The van der Waals surface area contributed by atoms with Crippen LogP contribution in [0.2, 0.25) is 0 Å². The highest BCUT2D eigenvalue weighted by molar-refractivity contribution is 5.95. The topological polar surface area (TPSA) is 91.0 Å². The fourth-order valence-corrected chi connectivity index (χ4v) is 3.33. The Balaban J connectivity index is 1.40. The normalized spacial score (nSPS) is 13.7. The molecular formula is C22H23N5O2. The molecule has 1 saturated heterocycles. The standard InChI is InChI=1S/C22H23N5O2/c1-14-15(2)25-21(26-22(14)29)17-7-10-19(24-13-17)23-12-16-5-8-18(9-6-16)27-11-3-4-20(27)28/h5-10,13H,3-4,11-12H2,1-2H3,(H,23,24)(H,25,26,29). The average molecular weight is 389 g/mol. The predicted molar refractivity (Wildman–Crippen MR) is 113 cm³/mol. The smallest absolute Gasteiger partial charge is 0.254 e. The van der Waals surface area contributed by atoms with Crippen LogP contribution in [0.3, 0.4) is 0 Å². The Hall–Kier alpha value is -3.48. The monoisotopic (exact) mass is 389 g/mol. The van der Waals surface area contributed by atoms with E-state index in [1.165, 1.54) is 0 Å². The summed E-state index contributed by atoms with van der Waals surface area (Å²) >= 11 is 0. The molecule has 7 heteroatoms. The van der Waals surface area contributed by atoms with Crippen LogP contribution >= 0.6 is 0 Å². The van der Waals surface area contributed by atoms with E-state index in [0.717, 1.165) is 35.6 Å². The highest BCUT2D eigenvalue weighted by Crippen LogP contribution is 2.22. The van der Waals surface area contributed by atoms with Gasteiger partial charge < -0.3 is 15.2 Å². The second kappa shape index (κ2) is 7.87. The summed E-state index contributed by atoms with van der Waals surface area (Å²) in [6.45, 7) is 5.00. The number of carbonyl (C=O) groups is 1. The predicted octanol–water partition coefficient (Wildman–Crippen LogP) is 3.19. The minimum Gasteiger partial charge on any atom is -0.366 e. The van der Waals surface area contributed by atoms with Gasteiger partial charge in [-0.25, -0.2) is 9.97 Å². The van der Waals surface area contributed by atoms with Crippen LogP contribution in [0.4, 0.5) is 11.5 Å². The van der Waals surface area contributed by atoms with Crippen molar-refractivity contribution in [2.24, 2.45) is 0 Å². The molecule has 7 nitrogen and oxygen atoms in total. The van der Waals surface area contributed by atoms with Crippen molar-refractivity contribution >= 4 is 17.4 Å². The molecule has 1 aliphatic heterocycles. The number of aromatic amines is 1. The molecule has 2 N–H and O–H groups in total. The van der Waals surface area contributed by atoms with E-state index in [1.54, 1.807) is 13.1 Å². The van der Waals surface area contributed by atoms with E-state index in [-0.39, 0.29) is 11.5 Å². The van der Waals surface area contributed by atoms with E-state index < -0.39 is 0 Å². The summed E-state index contributed by atoms with van der Waals surface area (Å²) < 4.78 is 0. The molecule has 1 aromatic carbocycles. The van der Waals surface area contributed by atoms with Crippen molar-refractivity contribution in [1.29, 1.82) is 0 Å². The summed E-state index contributed by atoms with van der Waals surface area (Å²) in [5, 5.41) is 3.29. The molecule has 3 heterocycles. The third-order valence-corrected chi connectivity index (χ3v) is 5.23. The number of hydrogen-bond acceptors (Lipinski definition) is 5. The molecule has 0 spiro atoms. The third-order valence-electron chi connectivity index (χ3n) is 5.23. The zero-order valence-electron chi connectivity index (χ0n) is 16.5. The van der Waals surface area contributed by atoms with Crippen LogP contribution in [0.1, 0.15) is 29.7 Å². The molecule has 0 unspecified atom stereocenters. The molecule has 4 rings (SSSR count). The van der Waals surface area contributed by atoms with Crippen LogP contribution in [-0.2, 0) is 11.3 Å². The van der Waals surface area contributed by atoms with Gasteiger partial charge in [0.15, 0.2) is 0 Å². The highest BCUT2D eigenvalue weighted by Gasteiger charge is 2.21. The Morgan fingerprint density at radius 1 is 1.10 bits per heavy atom. The first-order valence-electron chi connectivity index (χ1n) is 9.68. The summed E-state index contributed by atoms with van der Waals surface area (Å²) in [6.07, 6.45) is 3.25. The average Bonchev–Trinajstić information content (AvgIpc) is 3.17. The summed E-state index contributed by atoms with van der Waals surface area (Å²) in [5.41, 5.74) is 4.02. The fraction of sp³-hybridized carbons (Fsp3) is 0.273. The van der Waals surface area contributed by atoms with Crippen LogP contribution < -0.4 is 15.8 Å². The third kappa shape index (κ3) is 4.03. The summed E-state index contributed by atoms with van der Waals surface area (Å²) in [4.78, 5) is 37.2.